The Morgan fingerprint density at radius 2 is 1.94 bits per heavy atom. The summed E-state index contributed by atoms with van der Waals surface area (Å²) in [7, 11) is 0. The number of allylic oxidation sites excluding steroid dienone is 2. The Balaban J connectivity index is 1.94. The lowest BCUT2D eigenvalue weighted by atomic mass is 9.71. The summed E-state index contributed by atoms with van der Waals surface area (Å²) in [4.78, 5) is 24.2. The number of ketones is 2. The van der Waals surface area contributed by atoms with Gasteiger partial charge in [-0.05, 0) is 25.2 Å². The van der Waals surface area contributed by atoms with Crippen molar-refractivity contribution in [3.63, 3.8) is 0 Å². The Morgan fingerprint density at radius 1 is 1.22 bits per heavy atom. The highest BCUT2D eigenvalue weighted by Gasteiger charge is 2.63. The van der Waals surface area contributed by atoms with Gasteiger partial charge in [-0.1, -0.05) is 31.9 Å². The van der Waals surface area contributed by atoms with Crippen LogP contribution in [-0.4, -0.2) is 11.6 Å². The molecule has 0 unspecified atom stereocenters. The average molecular weight is 246 g/mol. The van der Waals surface area contributed by atoms with Gasteiger partial charge in [-0.2, -0.15) is 0 Å². The molecule has 0 aliphatic heterocycles. The van der Waals surface area contributed by atoms with Crippen LogP contribution < -0.4 is 0 Å². The number of rotatable bonds is 3. The first-order valence-electron chi connectivity index (χ1n) is 7.35. The normalized spacial score (nSPS) is 42.1. The number of Topliss-reactive ketones (excluding diaryl/α,β-unsaturated/α-hetero) is 2. The molecule has 3 aliphatic carbocycles. The molecule has 0 bridgehead atoms. The highest BCUT2D eigenvalue weighted by Crippen LogP contribution is 2.63. The van der Waals surface area contributed by atoms with E-state index in [9.17, 15) is 9.59 Å². The van der Waals surface area contributed by atoms with Crippen molar-refractivity contribution >= 4 is 11.6 Å². The van der Waals surface area contributed by atoms with E-state index >= 15 is 0 Å². The minimum Gasteiger partial charge on any atom is -0.299 e. The van der Waals surface area contributed by atoms with Gasteiger partial charge in [0.15, 0.2) is 0 Å². The zero-order chi connectivity index (χ0) is 12.9. The van der Waals surface area contributed by atoms with Crippen molar-refractivity contribution in [1.82, 2.24) is 0 Å². The van der Waals surface area contributed by atoms with Crippen molar-refractivity contribution in [2.24, 2.45) is 23.2 Å². The first-order valence-corrected chi connectivity index (χ1v) is 7.35. The minimum atomic E-state index is -0.0722. The van der Waals surface area contributed by atoms with Crippen LogP contribution in [0.1, 0.15) is 52.4 Å². The van der Waals surface area contributed by atoms with Crippen LogP contribution >= 0.6 is 0 Å². The Kier molecular flexibility index (Phi) is 2.72. The van der Waals surface area contributed by atoms with Crippen molar-refractivity contribution in [3.05, 3.63) is 11.6 Å². The van der Waals surface area contributed by atoms with Crippen LogP contribution in [-0.2, 0) is 9.59 Å². The molecule has 18 heavy (non-hydrogen) atoms. The zero-order valence-electron chi connectivity index (χ0n) is 11.4. The number of hydrogen-bond acceptors (Lipinski definition) is 2. The molecule has 0 heterocycles. The van der Waals surface area contributed by atoms with Crippen LogP contribution in [0.4, 0.5) is 0 Å². The van der Waals surface area contributed by atoms with E-state index in [1.54, 1.807) is 0 Å². The van der Waals surface area contributed by atoms with Crippen LogP contribution in [0, 0.1) is 23.2 Å². The number of carbonyl (C=O) groups excluding carboxylic acids is 2. The SMILES string of the molecule is CCCCC1=C[C@]23[C@H](CC(=O)[C@H]2C)CC(=O)[C@H]3C1. The van der Waals surface area contributed by atoms with Crippen LogP contribution in [0.15, 0.2) is 11.6 Å². The summed E-state index contributed by atoms with van der Waals surface area (Å²) < 4.78 is 0. The molecule has 2 nitrogen and oxygen atoms in total. The van der Waals surface area contributed by atoms with Gasteiger partial charge in [-0.3, -0.25) is 9.59 Å². The van der Waals surface area contributed by atoms with E-state index in [0.29, 0.717) is 30.3 Å². The molecule has 0 radical (unpaired) electrons. The van der Waals surface area contributed by atoms with Crippen molar-refractivity contribution in [2.45, 2.75) is 52.4 Å². The van der Waals surface area contributed by atoms with Crippen molar-refractivity contribution in [2.75, 3.05) is 0 Å². The fraction of sp³-hybridized carbons (Fsp3) is 0.750. The average Bonchev–Trinajstić information content (AvgIpc) is 2.90. The van der Waals surface area contributed by atoms with Crippen LogP contribution in [0.2, 0.25) is 0 Å². The molecule has 0 amide bonds. The Morgan fingerprint density at radius 3 is 2.67 bits per heavy atom. The fourth-order valence-corrected chi connectivity index (χ4v) is 4.61. The minimum absolute atomic E-state index is 0.0677. The van der Waals surface area contributed by atoms with Gasteiger partial charge in [-0.15, -0.1) is 0 Å². The summed E-state index contributed by atoms with van der Waals surface area (Å²) in [5, 5.41) is 0. The van der Waals surface area contributed by atoms with Gasteiger partial charge in [0.1, 0.15) is 11.6 Å². The monoisotopic (exact) mass is 246 g/mol. The van der Waals surface area contributed by atoms with Crippen molar-refractivity contribution in [1.29, 1.82) is 0 Å². The molecule has 0 N–H and O–H groups in total. The second-order valence-corrected chi connectivity index (χ2v) is 6.42. The number of hydrogen-bond donors (Lipinski definition) is 0. The van der Waals surface area contributed by atoms with Gasteiger partial charge < -0.3 is 0 Å². The second-order valence-electron chi connectivity index (χ2n) is 6.42. The lowest BCUT2D eigenvalue weighted by Crippen LogP contribution is -2.31. The van der Waals surface area contributed by atoms with Gasteiger partial charge in [0.2, 0.25) is 0 Å². The van der Waals surface area contributed by atoms with E-state index in [1.807, 2.05) is 6.92 Å². The maximum Gasteiger partial charge on any atom is 0.137 e. The topological polar surface area (TPSA) is 34.1 Å². The maximum atomic E-state index is 12.2. The molecular weight excluding hydrogens is 224 g/mol. The number of unbranched alkanes of at least 4 members (excludes halogenated alkanes) is 1. The Hall–Kier alpha value is -0.920. The first kappa shape index (κ1) is 12.1. The molecule has 0 aromatic carbocycles. The lowest BCUT2D eigenvalue weighted by molar-refractivity contribution is -0.125. The van der Waals surface area contributed by atoms with Gasteiger partial charge in [0.05, 0.1) is 0 Å². The highest BCUT2D eigenvalue weighted by molar-refractivity contribution is 5.94. The summed E-state index contributed by atoms with van der Waals surface area (Å²) >= 11 is 0. The molecule has 3 aliphatic rings. The summed E-state index contributed by atoms with van der Waals surface area (Å²) in [5.41, 5.74) is 1.37. The third-order valence-corrected chi connectivity index (χ3v) is 5.60. The van der Waals surface area contributed by atoms with E-state index in [2.05, 4.69) is 13.0 Å². The predicted molar refractivity (Wildman–Crippen MR) is 70.1 cm³/mol. The van der Waals surface area contributed by atoms with Crippen LogP contribution in [0.3, 0.4) is 0 Å². The standard InChI is InChI=1S/C16H22O2/c1-3-4-5-11-6-13-15(18)8-12-7-14(17)10(2)16(12,13)9-11/h9-10,12-13H,3-8H2,1-2H3/t10-,12-,13-,16-/m1/s1. The van der Waals surface area contributed by atoms with E-state index in [1.165, 1.54) is 18.4 Å². The van der Waals surface area contributed by atoms with Crippen LogP contribution in [0.25, 0.3) is 0 Å². The summed E-state index contributed by atoms with van der Waals surface area (Å²) in [6.07, 6.45) is 8.11. The summed E-state index contributed by atoms with van der Waals surface area (Å²) in [6, 6.07) is 0. The third-order valence-electron chi connectivity index (χ3n) is 5.60. The zero-order valence-corrected chi connectivity index (χ0v) is 11.4. The highest BCUT2D eigenvalue weighted by atomic mass is 16.1. The molecule has 2 heteroatoms. The van der Waals surface area contributed by atoms with Gasteiger partial charge >= 0.3 is 0 Å². The van der Waals surface area contributed by atoms with E-state index < -0.39 is 0 Å². The van der Waals surface area contributed by atoms with Gasteiger partial charge in [0.25, 0.3) is 0 Å². The van der Waals surface area contributed by atoms with E-state index in [-0.39, 0.29) is 17.3 Å². The molecule has 0 saturated heterocycles. The molecule has 98 valence electrons. The molecular formula is C16H22O2. The van der Waals surface area contributed by atoms with Gasteiger partial charge in [-0.25, -0.2) is 0 Å². The smallest absolute Gasteiger partial charge is 0.137 e. The van der Waals surface area contributed by atoms with Crippen molar-refractivity contribution < 1.29 is 9.59 Å². The Bertz CT molecular complexity index is 432. The maximum absolute atomic E-state index is 12.2. The molecule has 0 aromatic heterocycles. The predicted octanol–water partition coefficient (Wildman–Crippen LogP) is 3.31. The lowest BCUT2D eigenvalue weighted by Gasteiger charge is -2.30. The summed E-state index contributed by atoms with van der Waals surface area (Å²) in [5.74, 6) is 1.32. The molecule has 2 saturated carbocycles. The molecule has 3 rings (SSSR count). The van der Waals surface area contributed by atoms with Gasteiger partial charge in [0, 0.05) is 30.1 Å². The molecule has 1 spiro atoms. The third kappa shape index (κ3) is 1.41. The van der Waals surface area contributed by atoms with Crippen molar-refractivity contribution in [3.8, 4) is 0 Å². The fourth-order valence-electron chi connectivity index (χ4n) is 4.61. The Labute approximate surface area is 109 Å². The number of carbonyl (C=O) groups is 2. The molecule has 4 atom stereocenters. The molecule has 2 fully saturated rings. The van der Waals surface area contributed by atoms with E-state index in [4.69, 9.17) is 0 Å². The largest absolute Gasteiger partial charge is 0.299 e. The van der Waals surface area contributed by atoms with E-state index in [0.717, 1.165) is 12.8 Å². The quantitative estimate of drug-likeness (QED) is 0.716. The molecule has 0 aromatic rings. The summed E-state index contributed by atoms with van der Waals surface area (Å²) in [6.45, 7) is 4.25. The first-order chi connectivity index (χ1) is 8.59. The van der Waals surface area contributed by atoms with Crippen LogP contribution in [0.5, 0.6) is 0 Å². The second kappa shape index (κ2) is 4.04.